The van der Waals surface area contributed by atoms with Crippen molar-refractivity contribution in [3.05, 3.63) is 0 Å². The van der Waals surface area contributed by atoms with E-state index in [0.29, 0.717) is 5.41 Å². The highest BCUT2D eigenvalue weighted by molar-refractivity contribution is 9.09. The molecule has 0 aliphatic rings. The van der Waals surface area contributed by atoms with Gasteiger partial charge >= 0.3 is 0 Å². The van der Waals surface area contributed by atoms with Gasteiger partial charge in [-0.25, -0.2) is 0 Å². The van der Waals surface area contributed by atoms with Gasteiger partial charge < -0.3 is 0 Å². The molecule has 0 atom stereocenters. The van der Waals surface area contributed by atoms with Gasteiger partial charge in [0.1, 0.15) is 0 Å². The molecule has 0 heterocycles. The quantitative estimate of drug-likeness (QED) is 0.341. The van der Waals surface area contributed by atoms with Crippen molar-refractivity contribution in [2.24, 2.45) is 5.41 Å². The summed E-state index contributed by atoms with van der Waals surface area (Å²) in [5.74, 6) is 0. The predicted octanol–water partition coefficient (Wildman–Crippen LogP) is 5.92. The van der Waals surface area contributed by atoms with Gasteiger partial charge in [-0.15, -0.1) is 0 Å². The van der Waals surface area contributed by atoms with Crippen LogP contribution in [0.5, 0.6) is 0 Å². The van der Waals surface area contributed by atoms with Gasteiger partial charge in [-0.1, -0.05) is 84.2 Å². The molecule has 92 valence electrons. The maximum absolute atomic E-state index is 3.66. The third-order valence-corrected chi connectivity index (χ3v) is 5.76. The molecule has 0 saturated heterocycles. The van der Waals surface area contributed by atoms with Crippen LogP contribution >= 0.6 is 31.9 Å². The molecule has 0 nitrogen and oxygen atoms in total. The van der Waals surface area contributed by atoms with E-state index in [1.54, 1.807) is 0 Å². The molecule has 0 aromatic rings. The second-order valence-corrected chi connectivity index (χ2v) is 5.76. The first-order valence-corrected chi connectivity index (χ1v) is 8.61. The first-order chi connectivity index (χ1) is 7.24. The molecule has 0 spiro atoms. The SMILES string of the molecule is CCCCCCCCC(CC)(CBr)CBr. The third-order valence-electron chi connectivity index (χ3n) is 3.38. The first kappa shape index (κ1) is 16.0. The van der Waals surface area contributed by atoms with Crippen molar-refractivity contribution in [2.45, 2.75) is 65.2 Å². The van der Waals surface area contributed by atoms with Gasteiger partial charge in [0.05, 0.1) is 0 Å². The van der Waals surface area contributed by atoms with Crippen LogP contribution in [-0.2, 0) is 0 Å². The topological polar surface area (TPSA) is 0 Å². The van der Waals surface area contributed by atoms with Gasteiger partial charge in [-0.05, 0) is 18.3 Å². The zero-order chi connectivity index (χ0) is 11.6. The fourth-order valence-electron chi connectivity index (χ4n) is 1.82. The molecule has 0 aliphatic heterocycles. The fraction of sp³-hybridized carbons (Fsp3) is 1.00. The summed E-state index contributed by atoms with van der Waals surface area (Å²) in [5.41, 5.74) is 0.505. The minimum absolute atomic E-state index is 0.505. The van der Waals surface area contributed by atoms with Crippen molar-refractivity contribution < 1.29 is 0 Å². The van der Waals surface area contributed by atoms with E-state index in [-0.39, 0.29) is 0 Å². The van der Waals surface area contributed by atoms with Gasteiger partial charge in [0, 0.05) is 10.7 Å². The largest absolute Gasteiger partial charge is 0.0922 e. The van der Waals surface area contributed by atoms with Crippen molar-refractivity contribution in [3.8, 4) is 0 Å². The molecule has 0 bridgehead atoms. The van der Waals surface area contributed by atoms with Crippen molar-refractivity contribution >= 4 is 31.9 Å². The van der Waals surface area contributed by atoms with Crippen LogP contribution < -0.4 is 0 Å². The molecule has 15 heavy (non-hydrogen) atoms. The van der Waals surface area contributed by atoms with Crippen molar-refractivity contribution in [1.29, 1.82) is 0 Å². The summed E-state index contributed by atoms with van der Waals surface area (Å²) in [6, 6.07) is 0. The standard InChI is InChI=1S/C13H26Br2/c1-3-5-6-7-8-9-10-13(4-2,11-14)12-15/h3-12H2,1-2H3. The van der Waals surface area contributed by atoms with E-state index in [4.69, 9.17) is 0 Å². The maximum atomic E-state index is 3.66. The second kappa shape index (κ2) is 10.1. The van der Waals surface area contributed by atoms with E-state index in [2.05, 4.69) is 45.7 Å². The molecule has 0 aliphatic carbocycles. The van der Waals surface area contributed by atoms with Gasteiger partial charge in [-0.3, -0.25) is 0 Å². The predicted molar refractivity (Wildman–Crippen MR) is 78.3 cm³/mol. The summed E-state index contributed by atoms with van der Waals surface area (Å²) in [6.45, 7) is 4.58. The molecular weight excluding hydrogens is 316 g/mol. The summed E-state index contributed by atoms with van der Waals surface area (Å²) in [6.07, 6.45) is 11.1. The summed E-state index contributed by atoms with van der Waals surface area (Å²) >= 11 is 7.31. The van der Waals surface area contributed by atoms with Crippen LogP contribution in [0, 0.1) is 5.41 Å². The normalized spacial score (nSPS) is 12.0. The van der Waals surface area contributed by atoms with Crippen molar-refractivity contribution in [3.63, 3.8) is 0 Å². The molecule has 0 saturated carbocycles. The Morgan fingerprint density at radius 3 is 1.80 bits per heavy atom. The zero-order valence-electron chi connectivity index (χ0n) is 10.3. The Labute approximate surface area is 113 Å². The Balaban J connectivity index is 3.54. The molecule has 0 N–H and O–H groups in total. The van der Waals surface area contributed by atoms with E-state index in [0.717, 1.165) is 10.7 Å². The Bertz CT molecular complexity index is 122. The molecule has 0 radical (unpaired) electrons. The van der Waals surface area contributed by atoms with Crippen LogP contribution in [0.1, 0.15) is 65.2 Å². The smallest absolute Gasteiger partial charge is 0.00958 e. The van der Waals surface area contributed by atoms with Crippen LogP contribution in [0.2, 0.25) is 0 Å². The molecule has 0 rings (SSSR count). The lowest BCUT2D eigenvalue weighted by atomic mass is 9.84. The van der Waals surface area contributed by atoms with E-state index in [1.807, 2.05) is 0 Å². The van der Waals surface area contributed by atoms with E-state index in [1.165, 1.54) is 51.4 Å². The number of hydrogen-bond donors (Lipinski definition) is 0. The van der Waals surface area contributed by atoms with Gasteiger partial charge in [-0.2, -0.15) is 0 Å². The van der Waals surface area contributed by atoms with Crippen molar-refractivity contribution in [2.75, 3.05) is 10.7 Å². The summed E-state index contributed by atoms with van der Waals surface area (Å²) in [7, 11) is 0. The maximum Gasteiger partial charge on any atom is 0.00958 e. The first-order valence-electron chi connectivity index (χ1n) is 6.36. The molecule has 0 aromatic heterocycles. The van der Waals surface area contributed by atoms with Crippen LogP contribution in [0.25, 0.3) is 0 Å². The second-order valence-electron chi connectivity index (χ2n) is 4.64. The Morgan fingerprint density at radius 2 is 1.33 bits per heavy atom. The number of rotatable bonds is 10. The molecule has 0 amide bonds. The fourth-order valence-corrected chi connectivity index (χ4v) is 4.10. The summed E-state index contributed by atoms with van der Waals surface area (Å²) in [4.78, 5) is 0. The lowest BCUT2D eigenvalue weighted by Gasteiger charge is -2.28. The number of halogens is 2. The number of hydrogen-bond acceptors (Lipinski definition) is 0. The van der Waals surface area contributed by atoms with E-state index in [9.17, 15) is 0 Å². The van der Waals surface area contributed by atoms with Gasteiger partial charge in [0.2, 0.25) is 0 Å². The average Bonchev–Trinajstić information content (AvgIpc) is 2.29. The highest BCUT2D eigenvalue weighted by atomic mass is 79.9. The average molecular weight is 342 g/mol. The lowest BCUT2D eigenvalue weighted by Crippen LogP contribution is -2.23. The molecule has 2 heteroatoms. The van der Waals surface area contributed by atoms with E-state index < -0.39 is 0 Å². The van der Waals surface area contributed by atoms with Gasteiger partial charge in [0.25, 0.3) is 0 Å². The summed E-state index contributed by atoms with van der Waals surface area (Å²) in [5, 5.41) is 2.27. The monoisotopic (exact) mass is 340 g/mol. The van der Waals surface area contributed by atoms with Gasteiger partial charge in [0.15, 0.2) is 0 Å². The van der Waals surface area contributed by atoms with E-state index >= 15 is 0 Å². The minimum atomic E-state index is 0.505. The zero-order valence-corrected chi connectivity index (χ0v) is 13.5. The highest BCUT2D eigenvalue weighted by Crippen LogP contribution is 2.33. The van der Waals surface area contributed by atoms with Crippen LogP contribution in [-0.4, -0.2) is 10.7 Å². The lowest BCUT2D eigenvalue weighted by molar-refractivity contribution is 0.328. The third kappa shape index (κ3) is 6.99. The highest BCUT2D eigenvalue weighted by Gasteiger charge is 2.24. The minimum Gasteiger partial charge on any atom is -0.0922 e. The Morgan fingerprint density at radius 1 is 0.800 bits per heavy atom. The molecule has 0 aromatic carbocycles. The molecule has 0 unspecified atom stereocenters. The number of unbranched alkanes of at least 4 members (excludes halogenated alkanes) is 5. The Hall–Kier alpha value is 0.960. The summed E-state index contributed by atoms with van der Waals surface area (Å²) < 4.78 is 0. The van der Waals surface area contributed by atoms with Crippen LogP contribution in [0.4, 0.5) is 0 Å². The molecule has 0 fully saturated rings. The van der Waals surface area contributed by atoms with Crippen molar-refractivity contribution in [1.82, 2.24) is 0 Å². The van der Waals surface area contributed by atoms with Crippen LogP contribution in [0.15, 0.2) is 0 Å². The molecular formula is C13H26Br2. The number of alkyl halides is 2. The Kier molecular flexibility index (Phi) is 10.8. The van der Waals surface area contributed by atoms with Crippen LogP contribution in [0.3, 0.4) is 0 Å².